The number of nitrogens with one attached hydrogen (secondary N) is 1. The number of carbonyl (C=O) groups excluding carboxylic acids is 1. The molecule has 18 heavy (non-hydrogen) atoms. The predicted octanol–water partition coefficient (Wildman–Crippen LogP) is 2.69. The van der Waals surface area contributed by atoms with E-state index in [-0.39, 0.29) is 5.91 Å². The number of hydrogen-bond donors (Lipinski definition) is 1. The van der Waals surface area contributed by atoms with Crippen molar-refractivity contribution in [2.24, 2.45) is 0 Å². The molecule has 0 aliphatic carbocycles. The average Bonchev–Trinajstić information content (AvgIpc) is 2.95. The van der Waals surface area contributed by atoms with E-state index in [9.17, 15) is 4.79 Å². The molecule has 2 aromatic rings. The predicted molar refractivity (Wildman–Crippen MR) is 66.4 cm³/mol. The summed E-state index contributed by atoms with van der Waals surface area (Å²) in [6.07, 6.45) is 1.45. The van der Waals surface area contributed by atoms with Gasteiger partial charge in [-0.3, -0.25) is 4.79 Å². The largest absolute Gasteiger partial charge is 0.466 e. The second-order valence-corrected chi connectivity index (χ2v) is 5.01. The molecule has 1 amide bonds. The van der Waals surface area contributed by atoms with Crippen molar-refractivity contribution in [2.75, 3.05) is 0 Å². The van der Waals surface area contributed by atoms with Gasteiger partial charge in [-0.2, -0.15) is 5.26 Å². The van der Waals surface area contributed by atoms with Crippen molar-refractivity contribution < 1.29 is 9.21 Å². The number of carbonyl (C=O) groups is 1. The molecule has 1 unspecified atom stereocenters. The Hall–Kier alpha value is -1.84. The van der Waals surface area contributed by atoms with E-state index in [1.165, 1.54) is 6.26 Å². The molecule has 0 aromatic carbocycles. The summed E-state index contributed by atoms with van der Waals surface area (Å²) in [7, 11) is 0. The van der Waals surface area contributed by atoms with Crippen molar-refractivity contribution in [3.63, 3.8) is 0 Å². The minimum atomic E-state index is -0.826. The highest BCUT2D eigenvalue weighted by atomic mass is 35.5. The Kier molecular flexibility index (Phi) is 3.65. The van der Waals surface area contributed by atoms with Crippen LogP contribution in [0.2, 0.25) is 4.47 Å². The fraction of sp³-hybridized carbons (Fsp3) is 0.182. The van der Waals surface area contributed by atoms with Crippen LogP contribution in [0, 0.1) is 18.3 Å². The number of thiazole rings is 1. The highest BCUT2D eigenvalue weighted by Gasteiger charge is 2.20. The van der Waals surface area contributed by atoms with Crippen LogP contribution in [0.3, 0.4) is 0 Å². The van der Waals surface area contributed by atoms with Crippen LogP contribution in [-0.4, -0.2) is 10.9 Å². The highest BCUT2D eigenvalue weighted by molar-refractivity contribution is 7.17. The lowest BCUT2D eigenvalue weighted by atomic mass is 10.2. The fourth-order valence-corrected chi connectivity index (χ4v) is 2.45. The maximum absolute atomic E-state index is 12.0. The Morgan fingerprint density at radius 1 is 1.72 bits per heavy atom. The minimum Gasteiger partial charge on any atom is -0.466 e. The summed E-state index contributed by atoms with van der Waals surface area (Å²) in [5.41, 5.74) is 0.540. The van der Waals surface area contributed by atoms with Crippen LogP contribution in [0.4, 0.5) is 0 Å². The first-order chi connectivity index (χ1) is 8.61. The van der Waals surface area contributed by atoms with E-state index < -0.39 is 6.04 Å². The number of hydrogen-bond acceptors (Lipinski definition) is 5. The van der Waals surface area contributed by atoms with Crippen molar-refractivity contribution in [3.8, 4) is 6.07 Å². The van der Waals surface area contributed by atoms with E-state index in [0.717, 1.165) is 11.3 Å². The van der Waals surface area contributed by atoms with Gasteiger partial charge >= 0.3 is 0 Å². The lowest BCUT2D eigenvalue weighted by Gasteiger charge is -2.07. The molecular formula is C11H8ClN3O2S. The van der Waals surface area contributed by atoms with Gasteiger partial charge in [-0.25, -0.2) is 4.98 Å². The first kappa shape index (κ1) is 12.6. The Morgan fingerprint density at radius 2 is 2.50 bits per heavy atom. The zero-order valence-corrected chi connectivity index (χ0v) is 10.9. The van der Waals surface area contributed by atoms with E-state index in [2.05, 4.69) is 10.3 Å². The van der Waals surface area contributed by atoms with Crippen molar-refractivity contribution in [2.45, 2.75) is 13.0 Å². The molecule has 2 heterocycles. The molecule has 2 aromatic heterocycles. The Bertz CT molecular complexity index is 600. The Balaban J connectivity index is 2.16. The van der Waals surface area contributed by atoms with Crippen LogP contribution >= 0.6 is 22.9 Å². The third-order valence-corrected chi connectivity index (χ3v) is 3.47. The maximum Gasteiger partial charge on any atom is 0.264 e. The lowest BCUT2D eigenvalue weighted by molar-refractivity contribution is 0.0945. The zero-order chi connectivity index (χ0) is 13.1. The van der Waals surface area contributed by atoms with Gasteiger partial charge in [0.1, 0.15) is 10.6 Å². The summed E-state index contributed by atoms with van der Waals surface area (Å²) in [5, 5.41) is 11.6. The molecular weight excluding hydrogens is 274 g/mol. The third kappa shape index (κ3) is 2.53. The number of nitrogens with zero attached hydrogens (tertiary/aromatic N) is 2. The molecule has 5 nitrogen and oxygen atoms in total. The number of halogens is 1. The minimum absolute atomic E-state index is 0.296. The molecule has 0 radical (unpaired) electrons. The first-order valence-electron chi connectivity index (χ1n) is 4.98. The van der Waals surface area contributed by atoms with Gasteiger partial charge in [-0.05, 0) is 19.1 Å². The standard InChI is InChI=1S/C11H8ClN3O2S/c1-6-9(18-11(12)14-6)10(16)15-7(5-13)8-3-2-4-17-8/h2-4,7H,1H3,(H,15,16). The molecule has 0 bridgehead atoms. The number of rotatable bonds is 3. The molecule has 0 saturated carbocycles. The average molecular weight is 282 g/mol. The molecule has 0 saturated heterocycles. The molecule has 0 aliphatic heterocycles. The van der Waals surface area contributed by atoms with Crippen molar-refractivity contribution >= 4 is 28.8 Å². The summed E-state index contributed by atoms with van der Waals surface area (Å²) in [5.74, 6) is -0.000958. The highest BCUT2D eigenvalue weighted by Crippen LogP contribution is 2.23. The zero-order valence-electron chi connectivity index (χ0n) is 9.31. The summed E-state index contributed by atoms with van der Waals surface area (Å²) in [6, 6.07) is 4.41. The van der Waals surface area contributed by atoms with Gasteiger partial charge in [-0.15, -0.1) is 0 Å². The quantitative estimate of drug-likeness (QED) is 0.938. The van der Waals surface area contributed by atoms with E-state index in [0.29, 0.717) is 20.8 Å². The van der Waals surface area contributed by atoms with Gasteiger partial charge in [0.25, 0.3) is 5.91 Å². The molecule has 2 rings (SSSR count). The Morgan fingerprint density at radius 3 is 3.00 bits per heavy atom. The van der Waals surface area contributed by atoms with Crippen molar-refractivity contribution in [1.82, 2.24) is 10.3 Å². The van der Waals surface area contributed by atoms with Gasteiger partial charge in [0.05, 0.1) is 18.0 Å². The third-order valence-electron chi connectivity index (χ3n) is 2.21. The van der Waals surface area contributed by atoms with Crippen LogP contribution in [0.15, 0.2) is 22.8 Å². The SMILES string of the molecule is Cc1nc(Cl)sc1C(=O)NC(C#N)c1ccco1. The van der Waals surface area contributed by atoms with E-state index in [1.807, 2.05) is 6.07 Å². The monoisotopic (exact) mass is 281 g/mol. The topological polar surface area (TPSA) is 78.9 Å². The van der Waals surface area contributed by atoms with Gasteiger partial charge in [-0.1, -0.05) is 22.9 Å². The molecule has 92 valence electrons. The van der Waals surface area contributed by atoms with Crippen LogP contribution in [0.1, 0.15) is 27.2 Å². The second-order valence-electron chi connectivity index (χ2n) is 3.43. The smallest absolute Gasteiger partial charge is 0.264 e. The van der Waals surface area contributed by atoms with Gasteiger partial charge in [0, 0.05) is 0 Å². The van der Waals surface area contributed by atoms with E-state index in [4.69, 9.17) is 21.3 Å². The molecule has 1 N–H and O–H groups in total. The van der Waals surface area contributed by atoms with Crippen molar-refractivity contribution in [3.05, 3.63) is 39.2 Å². The molecule has 7 heteroatoms. The fourth-order valence-electron chi connectivity index (χ4n) is 1.39. The van der Waals surface area contributed by atoms with Gasteiger partial charge in [0.2, 0.25) is 0 Å². The molecule has 1 atom stereocenters. The number of aryl methyl sites for hydroxylation is 1. The van der Waals surface area contributed by atoms with E-state index >= 15 is 0 Å². The maximum atomic E-state index is 12.0. The number of aromatic nitrogens is 1. The normalized spacial score (nSPS) is 11.8. The summed E-state index contributed by atoms with van der Waals surface area (Å²) < 4.78 is 5.38. The van der Waals surface area contributed by atoms with Crippen LogP contribution in [0.5, 0.6) is 0 Å². The van der Waals surface area contributed by atoms with Crippen LogP contribution < -0.4 is 5.32 Å². The van der Waals surface area contributed by atoms with Gasteiger partial charge < -0.3 is 9.73 Å². The Labute approximate surface area is 112 Å². The number of amides is 1. The molecule has 0 fully saturated rings. The summed E-state index contributed by atoms with van der Waals surface area (Å²) >= 11 is 6.80. The molecule has 0 spiro atoms. The number of nitriles is 1. The van der Waals surface area contributed by atoms with Gasteiger partial charge in [0.15, 0.2) is 10.5 Å². The van der Waals surface area contributed by atoms with E-state index in [1.54, 1.807) is 19.1 Å². The number of furan rings is 1. The van der Waals surface area contributed by atoms with Crippen molar-refractivity contribution in [1.29, 1.82) is 5.26 Å². The first-order valence-corrected chi connectivity index (χ1v) is 6.18. The lowest BCUT2D eigenvalue weighted by Crippen LogP contribution is -2.27. The second kappa shape index (κ2) is 5.21. The molecule has 0 aliphatic rings. The van der Waals surface area contributed by atoms with Crippen LogP contribution in [-0.2, 0) is 0 Å². The summed E-state index contributed by atoms with van der Waals surface area (Å²) in [4.78, 5) is 16.3. The summed E-state index contributed by atoms with van der Waals surface area (Å²) in [6.45, 7) is 1.69. The van der Waals surface area contributed by atoms with Crippen LogP contribution in [0.25, 0.3) is 0 Å².